The molecule has 0 aromatic heterocycles. The van der Waals surface area contributed by atoms with Crippen LogP contribution in [0.5, 0.6) is 0 Å². The fourth-order valence-electron chi connectivity index (χ4n) is 3.04. The van der Waals surface area contributed by atoms with Crippen LogP contribution in [0.15, 0.2) is 59.1 Å². The number of ketones is 2. The third kappa shape index (κ3) is 3.96. The highest BCUT2D eigenvalue weighted by atomic mass is 32.2. The summed E-state index contributed by atoms with van der Waals surface area (Å²) in [7, 11) is -2.85. The van der Waals surface area contributed by atoms with E-state index in [1.54, 1.807) is 31.2 Å². The molecule has 2 aromatic carbocycles. The minimum absolute atomic E-state index is 0.00263. The average molecular weight is 414 g/mol. The third-order valence-electron chi connectivity index (χ3n) is 4.59. The molecule has 150 valence electrons. The number of benzene rings is 2. The molecule has 0 heterocycles. The molecule has 0 amide bonds. The van der Waals surface area contributed by atoms with Gasteiger partial charge in [-0.25, -0.2) is 13.6 Å². The number of anilines is 1. The summed E-state index contributed by atoms with van der Waals surface area (Å²) >= 11 is 0. The predicted octanol–water partition coefficient (Wildman–Crippen LogP) is 1.99. The summed E-state index contributed by atoms with van der Waals surface area (Å²) in [6, 6.07) is 10.6. The minimum atomic E-state index is -4.16. The molecule has 9 heteroatoms. The number of nitrogens with one attached hydrogen (secondary N) is 1. The number of Topliss-reactive ketones (excluding diaryl/α,β-unsaturated/α-hetero) is 1. The van der Waals surface area contributed by atoms with Crippen LogP contribution in [0.3, 0.4) is 0 Å². The summed E-state index contributed by atoms with van der Waals surface area (Å²) in [6.07, 6.45) is 1.05. The van der Waals surface area contributed by atoms with Gasteiger partial charge in [0, 0.05) is 17.3 Å². The molecular formula is C20H18N2O6S. The molecule has 1 aliphatic rings. The van der Waals surface area contributed by atoms with Crippen molar-refractivity contribution in [2.75, 3.05) is 12.4 Å². The molecule has 0 saturated carbocycles. The van der Waals surface area contributed by atoms with Crippen LogP contribution in [-0.4, -0.2) is 33.1 Å². The number of hydrogen-bond donors (Lipinski definition) is 2. The van der Waals surface area contributed by atoms with Gasteiger partial charge in [-0.15, -0.1) is 0 Å². The number of primary sulfonamides is 1. The molecule has 1 aliphatic carbocycles. The highest BCUT2D eigenvalue weighted by Gasteiger charge is 2.31. The Kier molecular flexibility index (Phi) is 5.36. The molecule has 8 nitrogen and oxygen atoms in total. The Balaban J connectivity index is 1.89. The molecular weight excluding hydrogens is 396 g/mol. The lowest BCUT2D eigenvalue weighted by Gasteiger charge is -2.18. The number of ether oxygens (including phenoxy) is 1. The van der Waals surface area contributed by atoms with Gasteiger partial charge in [0.1, 0.15) is 0 Å². The van der Waals surface area contributed by atoms with Crippen LogP contribution in [0, 0.1) is 0 Å². The van der Waals surface area contributed by atoms with Crippen LogP contribution in [0.2, 0.25) is 0 Å². The summed E-state index contributed by atoms with van der Waals surface area (Å²) in [5, 5.41) is 8.02. The van der Waals surface area contributed by atoms with Crippen LogP contribution < -0.4 is 10.5 Å². The maximum Gasteiger partial charge on any atom is 0.312 e. The lowest BCUT2D eigenvalue weighted by atomic mass is 9.92. The Morgan fingerprint density at radius 2 is 1.76 bits per heavy atom. The van der Waals surface area contributed by atoms with Gasteiger partial charge in [-0.1, -0.05) is 24.3 Å². The zero-order chi connectivity index (χ0) is 21.3. The Morgan fingerprint density at radius 1 is 1.10 bits per heavy atom. The summed E-state index contributed by atoms with van der Waals surface area (Å²) in [5.74, 6) is -1.99. The Hall–Kier alpha value is -3.30. The molecule has 0 spiro atoms. The van der Waals surface area contributed by atoms with Gasteiger partial charge in [0.15, 0.2) is 5.78 Å². The first-order valence-electron chi connectivity index (χ1n) is 8.55. The molecule has 3 N–H and O–H groups in total. The highest BCUT2D eigenvalue weighted by molar-refractivity contribution is 7.89. The first kappa shape index (κ1) is 20.4. The number of nitrogens with two attached hydrogens (primary N) is 1. The number of sulfonamides is 1. The van der Waals surface area contributed by atoms with E-state index in [0.29, 0.717) is 5.69 Å². The Bertz CT molecular complexity index is 1150. The second-order valence-electron chi connectivity index (χ2n) is 6.47. The maximum atomic E-state index is 12.8. The van der Waals surface area contributed by atoms with Crippen molar-refractivity contribution in [1.29, 1.82) is 0 Å². The first-order valence-corrected chi connectivity index (χ1v) is 10.1. The first-order chi connectivity index (χ1) is 13.6. The van der Waals surface area contributed by atoms with E-state index in [1.165, 1.54) is 25.3 Å². The van der Waals surface area contributed by atoms with E-state index in [-0.39, 0.29) is 27.7 Å². The monoisotopic (exact) mass is 414 g/mol. The van der Waals surface area contributed by atoms with Gasteiger partial charge >= 0.3 is 5.97 Å². The summed E-state index contributed by atoms with van der Waals surface area (Å²) in [4.78, 5) is 36.5. The van der Waals surface area contributed by atoms with Crippen molar-refractivity contribution >= 4 is 33.2 Å². The highest BCUT2D eigenvalue weighted by Crippen LogP contribution is 2.28. The Morgan fingerprint density at radius 3 is 2.34 bits per heavy atom. The lowest BCUT2D eigenvalue weighted by molar-refractivity contribution is -0.142. The summed E-state index contributed by atoms with van der Waals surface area (Å²) in [5.41, 5.74) is 0.980. The fourth-order valence-corrected chi connectivity index (χ4v) is 3.81. The molecule has 0 bridgehead atoms. The van der Waals surface area contributed by atoms with E-state index >= 15 is 0 Å². The third-order valence-corrected chi connectivity index (χ3v) is 5.54. The number of rotatable bonds is 5. The number of carbonyl (C=O) groups is 3. The SMILES string of the molecule is COC(=O)[C@H](C)c1ccc(NC2=CC(=O)c3c(cccc3S(N)(=O)=O)C2=O)cc1. The molecule has 0 saturated heterocycles. The lowest BCUT2D eigenvalue weighted by Crippen LogP contribution is -2.25. The maximum absolute atomic E-state index is 12.8. The van der Waals surface area contributed by atoms with Gasteiger partial charge in [0.05, 0.1) is 29.2 Å². The average Bonchev–Trinajstić information content (AvgIpc) is 2.70. The molecule has 0 fully saturated rings. The van der Waals surface area contributed by atoms with Gasteiger partial charge < -0.3 is 10.1 Å². The number of carbonyl (C=O) groups excluding carboxylic acids is 3. The van der Waals surface area contributed by atoms with E-state index in [9.17, 15) is 22.8 Å². The van der Waals surface area contributed by atoms with Crippen molar-refractivity contribution in [3.63, 3.8) is 0 Å². The van der Waals surface area contributed by atoms with Crippen molar-refractivity contribution in [2.24, 2.45) is 5.14 Å². The van der Waals surface area contributed by atoms with Crippen molar-refractivity contribution < 1.29 is 27.5 Å². The smallest absolute Gasteiger partial charge is 0.312 e. The largest absolute Gasteiger partial charge is 0.469 e. The number of esters is 1. The van der Waals surface area contributed by atoms with Gasteiger partial charge in [0.2, 0.25) is 15.8 Å². The molecule has 0 radical (unpaired) electrons. The number of allylic oxidation sites excluding steroid dienone is 2. The predicted molar refractivity (Wildman–Crippen MR) is 105 cm³/mol. The fraction of sp³-hybridized carbons (Fsp3) is 0.150. The molecule has 29 heavy (non-hydrogen) atoms. The summed E-state index contributed by atoms with van der Waals surface area (Å²) in [6.45, 7) is 1.71. The molecule has 0 unspecified atom stereocenters. The summed E-state index contributed by atoms with van der Waals surface area (Å²) < 4.78 is 28.2. The zero-order valence-electron chi connectivity index (χ0n) is 15.6. The quantitative estimate of drug-likeness (QED) is 0.715. The van der Waals surface area contributed by atoms with E-state index < -0.39 is 27.5 Å². The van der Waals surface area contributed by atoms with Gasteiger partial charge in [0.25, 0.3) is 0 Å². The van der Waals surface area contributed by atoms with Crippen molar-refractivity contribution in [1.82, 2.24) is 0 Å². The van der Waals surface area contributed by atoms with Crippen LogP contribution in [0.25, 0.3) is 0 Å². The van der Waals surface area contributed by atoms with Crippen molar-refractivity contribution in [3.8, 4) is 0 Å². The van der Waals surface area contributed by atoms with Crippen LogP contribution in [-0.2, 0) is 19.6 Å². The molecule has 1 atom stereocenters. The Labute approximate surface area is 167 Å². The van der Waals surface area contributed by atoms with Gasteiger partial charge in [-0.05, 0) is 30.7 Å². The minimum Gasteiger partial charge on any atom is -0.469 e. The van der Waals surface area contributed by atoms with E-state index in [4.69, 9.17) is 9.88 Å². The van der Waals surface area contributed by atoms with Crippen molar-refractivity contribution in [2.45, 2.75) is 17.7 Å². The van der Waals surface area contributed by atoms with Gasteiger partial charge in [-0.2, -0.15) is 0 Å². The number of methoxy groups -OCH3 is 1. The standard InChI is InChI=1S/C20H18N2O6S/c1-11(20(25)28-2)12-6-8-13(9-7-12)22-15-10-16(23)18-14(19(15)24)4-3-5-17(18)29(21,26)27/h3-11,22H,1-2H3,(H2,21,26,27)/t11-/m1/s1. The van der Waals surface area contributed by atoms with E-state index in [1.807, 2.05) is 0 Å². The molecule has 2 aromatic rings. The van der Waals surface area contributed by atoms with Gasteiger partial charge in [-0.3, -0.25) is 14.4 Å². The van der Waals surface area contributed by atoms with Crippen LogP contribution in [0.4, 0.5) is 5.69 Å². The number of fused-ring (bicyclic) bond motifs is 1. The number of hydrogen-bond acceptors (Lipinski definition) is 7. The van der Waals surface area contributed by atoms with Crippen molar-refractivity contribution in [3.05, 3.63) is 70.9 Å². The zero-order valence-corrected chi connectivity index (χ0v) is 16.4. The second-order valence-corrected chi connectivity index (χ2v) is 8.00. The second kappa shape index (κ2) is 7.61. The van der Waals surface area contributed by atoms with Crippen LogP contribution >= 0.6 is 0 Å². The van der Waals surface area contributed by atoms with E-state index in [0.717, 1.165) is 11.6 Å². The van der Waals surface area contributed by atoms with E-state index in [2.05, 4.69) is 5.32 Å². The van der Waals surface area contributed by atoms with Crippen LogP contribution in [0.1, 0.15) is 39.1 Å². The molecule has 3 rings (SSSR count). The topological polar surface area (TPSA) is 133 Å². The normalized spacial score (nSPS) is 14.7. The molecule has 0 aliphatic heterocycles.